The molecule has 3 saturated heterocycles. The number of fused-ring (bicyclic) bond motifs is 2. The quantitative estimate of drug-likeness (QED) is 0.0435. The number of nitrogens with one attached hydrogen (secondary N) is 4. The Morgan fingerprint density at radius 2 is 0.991 bits per heavy atom. The largest absolute Gasteiger partial charge is 0.494 e. The third-order valence-electron chi connectivity index (χ3n) is 19.7. The predicted molar refractivity (Wildman–Crippen MR) is 421 cm³/mol. The second-order valence-electron chi connectivity index (χ2n) is 30.3. The number of carbonyl (C=O) groups is 4. The second-order valence-corrected chi connectivity index (χ2v) is 30.7. The first-order valence-corrected chi connectivity index (χ1v) is 36.6. The van der Waals surface area contributed by atoms with Gasteiger partial charge in [-0.25, -0.2) is 39.5 Å². The molecule has 2 saturated carbocycles. The van der Waals surface area contributed by atoms with Crippen molar-refractivity contribution in [3.8, 4) is 45.4 Å². The summed E-state index contributed by atoms with van der Waals surface area (Å²) in [5.41, 5.74) is 21.0. The van der Waals surface area contributed by atoms with E-state index in [9.17, 15) is 19.2 Å². The van der Waals surface area contributed by atoms with Gasteiger partial charge in [-0.1, -0.05) is 67.6 Å². The van der Waals surface area contributed by atoms with E-state index in [-0.39, 0.29) is 32.5 Å². The summed E-state index contributed by atoms with van der Waals surface area (Å²) in [5, 5.41) is 12.4. The maximum Gasteiger partial charge on any atom is 0.494 e. The smallest absolute Gasteiger partial charge is 0.444 e. The number of pyridine rings is 4. The average Bonchev–Trinajstić information content (AvgIpc) is 1.62. The molecule has 10 aromatic rings. The molecule has 0 bridgehead atoms. The van der Waals surface area contributed by atoms with E-state index in [1.807, 2.05) is 218 Å². The summed E-state index contributed by atoms with van der Waals surface area (Å²) in [5.74, 6) is 1.48. The van der Waals surface area contributed by atoms with Crippen molar-refractivity contribution >= 4 is 93.5 Å². The van der Waals surface area contributed by atoms with Gasteiger partial charge < -0.3 is 70.5 Å². The maximum absolute atomic E-state index is 12.8. The first-order valence-electron chi connectivity index (χ1n) is 36.2. The normalized spacial score (nSPS) is 18.2. The number of carbonyl (C=O) groups excluding carboxylic acids is 4. The summed E-state index contributed by atoms with van der Waals surface area (Å²) >= 11 is 6.23. The van der Waals surface area contributed by atoms with Crippen LogP contribution in [-0.4, -0.2) is 144 Å². The molecular weight excluding hydrogens is 1410 g/mol. The highest BCUT2D eigenvalue weighted by atomic mass is 35.5. The summed E-state index contributed by atoms with van der Waals surface area (Å²) in [4.78, 5) is 78.2. The van der Waals surface area contributed by atoms with Crippen molar-refractivity contribution in [1.82, 2.24) is 49.7 Å². The Balaban J connectivity index is 0.000000161. The highest BCUT2D eigenvalue weighted by Gasteiger charge is 2.52. The summed E-state index contributed by atoms with van der Waals surface area (Å²) in [6.45, 7) is 21.5. The minimum absolute atomic E-state index is 0. The van der Waals surface area contributed by atoms with Crippen LogP contribution in [0.2, 0.25) is 5.15 Å². The Hall–Kier alpha value is -10.4. The molecule has 9 heterocycles. The number of imidazole rings is 2. The Kier molecular flexibility index (Phi) is 23.0. The van der Waals surface area contributed by atoms with E-state index in [0.717, 1.165) is 72.1 Å². The molecule has 109 heavy (non-hydrogen) atoms. The van der Waals surface area contributed by atoms with E-state index < -0.39 is 65.0 Å². The number of amides is 4. The van der Waals surface area contributed by atoms with Crippen LogP contribution in [0.1, 0.15) is 126 Å². The van der Waals surface area contributed by atoms with Crippen molar-refractivity contribution in [2.75, 3.05) is 61.7 Å². The molecule has 2 aliphatic carbocycles. The summed E-state index contributed by atoms with van der Waals surface area (Å²) in [6.07, 6.45) is 6.63. The lowest BCUT2D eigenvalue weighted by molar-refractivity contribution is -0.142. The maximum atomic E-state index is 12.8. The molecule has 2 atom stereocenters. The van der Waals surface area contributed by atoms with E-state index in [1.54, 1.807) is 18.5 Å². The summed E-state index contributed by atoms with van der Waals surface area (Å²) < 4.78 is 48.7. The minimum atomic E-state index is -0.654. The number of rotatable bonds is 14. The van der Waals surface area contributed by atoms with Gasteiger partial charge in [0.2, 0.25) is 0 Å². The lowest BCUT2D eigenvalue weighted by Gasteiger charge is -2.43. The Morgan fingerprint density at radius 1 is 0.541 bits per heavy atom. The lowest BCUT2D eigenvalue weighted by atomic mass is 9.72. The molecule has 4 amide bonds. The fourth-order valence-electron chi connectivity index (χ4n) is 13.2. The van der Waals surface area contributed by atoms with Crippen molar-refractivity contribution in [3.05, 3.63) is 174 Å². The van der Waals surface area contributed by atoms with Gasteiger partial charge in [0.25, 0.3) is 11.8 Å². The number of nitrogen functional groups attached to an aromatic ring is 2. The zero-order valence-corrected chi connectivity index (χ0v) is 63.0. The fraction of sp³-hybridized carbons (Fsp3) is 0.383. The van der Waals surface area contributed by atoms with Crippen LogP contribution in [0, 0.1) is 0 Å². The molecule has 2 unspecified atom stereocenters. The van der Waals surface area contributed by atoms with E-state index in [1.165, 1.54) is 0 Å². The van der Waals surface area contributed by atoms with Crippen LogP contribution in [0.5, 0.6) is 0 Å². The van der Waals surface area contributed by atoms with Gasteiger partial charge in [-0.2, -0.15) is 0 Å². The van der Waals surface area contributed by atoms with Crippen molar-refractivity contribution < 1.29 is 56.9 Å². The molecule has 15 rings (SSSR count). The zero-order valence-electron chi connectivity index (χ0n) is 62.2. The number of benzene rings is 4. The second kappa shape index (κ2) is 32.0. The number of hydrogen-bond acceptors (Lipinski definition) is 20. The van der Waals surface area contributed by atoms with Crippen molar-refractivity contribution in [2.45, 2.75) is 161 Å². The molecular formula is C81H94BClN14O12. The Labute approximate surface area is 639 Å². The molecule has 26 nitrogen and oxygen atoms in total. The van der Waals surface area contributed by atoms with Crippen LogP contribution in [0.25, 0.3) is 67.7 Å². The van der Waals surface area contributed by atoms with Crippen molar-refractivity contribution in [2.24, 2.45) is 0 Å². The van der Waals surface area contributed by atoms with Crippen LogP contribution in [0.15, 0.2) is 158 Å². The third kappa shape index (κ3) is 17.7. The van der Waals surface area contributed by atoms with Gasteiger partial charge in [0.15, 0.2) is 35.2 Å². The van der Waals surface area contributed by atoms with E-state index in [0.29, 0.717) is 105 Å². The Morgan fingerprint density at radius 3 is 1.42 bits per heavy atom. The van der Waals surface area contributed by atoms with Gasteiger partial charge in [-0.15, -0.1) is 0 Å². The SMILES string of the molecule is C.CC(C)(C)OC(=O)NC1(c2ccc(-n3c(-c4cccnc4N)nc4ccc(-c5cccc(NC(=O)C6COCCO6)c5)nc43)cc2)CCC1.CC(C)(C)OC(=O)NC1(c2ccc(-n3c(-c4cccnc4N)nc4ccc(Cl)nc43)cc2)CCC1.CC1(C)OB(c2cccc(NC(=O)C3COCCO3)c2)OC1(C)C. The molecule has 570 valence electrons. The third-order valence-corrected chi connectivity index (χ3v) is 19.9. The molecule has 0 spiro atoms. The predicted octanol–water partition coefficient (Wildman–Crippen LogP) is 13.6. The number of aromatic nitrogens is 8. The molecule has 0 radical (unpaired) electrons. The topological polar surface area (TPSA) is 329 Å². The molecule has 5 fully saturated rings. The van der Waals surface area contributed by atoms with Gasteiger partial charge in [0.05, 0.1) is 78.7 Å². The summed E-state index contributed by atoms with van der Waals surface area (Å²) in [7, 11) is -0.457. The number of halogens is 1. The zero-order chi connectivity index (χ0) is 76.3. The summed E-state index contributed by atoms with van der Waals surface area (Å²) in [6, 6.07) is 45.9. The fourth-order valence-corrected chi connectivity index (χ4v) is 13.4. The van der Waals surface area contributed by atoms with E-state index >= 15 is 0 Å². The number of nitrogens with zero attached hydrogens (tertiary/aromatic N) is 8. The van der Waals surface area contributed by atoms with Crippen LogP contribution >= 0.6 is 11.6 Å². The molecule has 3 aliphatic heterocycles. The number of nitrogens with two attached hydrogens (primary N) is 2. The van der Waals surface area contributed by atoms with Crippen LogP contribution in [0.4, 0.5) is 32.6 Å². The first-order chi connectivity index (χ1) is 51.5. The van der Waals surface area contributed by atoms with Gasteiger partial charge in [0.1, 0.15) is 39.0 Å². The molecule has 4 aromatic carbocycles. The van der Waals surface area contributed by atoms with Gasteiger partial charge in [-0.05, 0) is 221 Å². The molecule has 5 aliphatic rings. The molecule has 6 aromatic heterocycles. The average molecular weight is 1500 g/mol. The standard InChI is InChI=1S/C37H39N7O5.C26H27ClN6O2.C17H24BNO5.CH4/c1-36(2,3)49-35(46)43-37(16-6-17-37)24-10-12-26(13-11-24)44-32(27-9-5-18-39-31(27)38)42-29-15-14-28(41-33(29)44)23-7-4-8-25(21-23)40-34(45)30-22-47-19-20-48-30;1-25(2,3)35-24(34)32-26(13-5-14-26)16-7-9-17(10-8-16)33-22(18-6-4-15-29-21(18)28)30-19-11-12-20(27)31-23(19)33;1-16(2)17(3,4)24-18(23-16)12-6-5-7-13(10-12)19-15(20)14-11-21-8-9-22-14;/h4-5,7-15,18,21,30H,6,16-17,19-20,22H2,1-3H3,(H2,38,39)(H,40,45)(H,43,46);4,6-12,15H,5,13-14H2,1-3H3,(H2,28,29)(H,32,34);5-7,10,14H,8-9,11H2,1-4H3,(H,19,20);1H4. The van der Waals surface area contributed by atoms with Crippen LogP contribution in [0.3, 0.4) is 0 Å². The highest BCUT2D eigenvalue weighted by molar-refractivity contribution is 6.62. The van der Waals surface area contributed by atoms with E-state index in [2.05, 4.69) is 36.2 Å². The monoisotopic (exact) mass is 1500 g/mol. The van der Waals surface area contributed by atoms with Crippen LogP contribution < -0.4 is 38.2 Å². The first kappa shape index (κ1) is 78.2. The number of alkyl carbamates (subject to hydrolysis) is 2. The molecule has 8 N–H and O–H groups in total. The van der Waals surface area contributed by atoms with Crippen molar-refractivity contribution in [1.29, 1.82) is 0 Å². The number of ether oxygens (including phenoxy) is 6. The number of anilines is 4. The number of hydrogen-bond donors (Lipinski definition) is 6. The van der Waals surface area contributed by atoms with Crippen molar-refractivity contribution in [3.63, 3.8) is 0 Å². The molecule has 28 heteroatoms. The van der Waals surface area contributed by atoms with Crippen LogP contribution in [-0.2, 0) is 58.4 Å². The highest BCUT2D eigenvalue weighted by Crippen LogP contribution is 2.45. The van der Waals surface area contributed by atoms with Gasteiger partial charge in [-0.3, -0.25) is 18.7 Å². The van der Waals surface area contributed by atoms with E-state index in [4.69, 9.17) is 75.8 Å². The Bertz CT molecular complexity index is 4930. The lowest BCUT2D eigenvalue weighted by Crippen LogP contribution is -2.52. The van der Waals surface area contributed by atoms with Gasteiger partial charge >= 0.3 is 19.3 Å². The minimum Gasteiger partial charge on any atom is -0.444 e. The van der Waals surface area contributed by atoms with Gasteiger partial charge in [0, 0.05) is 40.7 Å².